The molecule has 0 fully saturated rings. The summed E-state index contributed by atoms with van der Waals surface area (Å²) in [4.78, 5) is 11.3. The standard InChI is InChI=1S/C9H11FN4/c1-6-4-7(11-3-2-10)8-9(14-6)13-5-12-8/h4-5H,2-3H2,1H3,(H2,11,12,13,14). The Hall–Kier alpha value is -1.65. The van der Waals surface area contributed by atoms with Crippen molar-refractivity contribution in [2.24, 2.45) is 0 Å². The van der Waals surface area contributed by atoms with E-state index in [4.69, 9.17) is 0 Å². The number of nitrogens with one attached hydrogen (secondary N) is 2. The molecule has 0 bridgehead atoms. The lowest BCUT2D eigenvalue weighted by atomic mass is 10.3. The Bertz CT molecular complexity index is 437. The molecule has 2 rings (SSSR count). The van der Waals surface area contributed by atoms with Crippen molar-refractivity contribution in [2.45, 2.75) is 6.92 Å². The van der Waals surface area contributed by atoms with E-state index in [2.05, 4.69) is 20.3 Å². The highest BCUT2D eigenvalue weighted by Crippen LogP contribution is 2.19. The molecule has 0 aliphatic heterocycles. The van der Waals surface area contributed by atoms with Crippen molar-refractivity contribution >= 4 is 16.9 Å². The molecular formula is C9H11FN4. The van der Waals surface area contributed by atoms with E-state index in [1.165, 1.54) is 0 Å². The smallest absolute Gasteiger partial charge is 0.159 e. The third-order valence-corrected chi connectivity index (χ3v) is 1.93. The number of nitrogens with zero attached hydrogens (tertiary/aromatic N) is 2. The van der Waals surface area contributed by atoms with Crippen molar-refractivity contribution in [2.75, 3.05) is 18.5 Å². The molecular weight excluding hydrogens is 183 g/mol. The summed E-state index contributed by atoms with van der Waals surface area (Å²) in [6.45, 7) is 1.79. The van der Waals surface area contributed by atoms with Crippen LogP contribution in [0.1, 0.15) is 5.69 Å². The molecule has 0 aliphatic carbocycles. The fourth-order valence-electron chi connectivity index (χ4n) is 1.37. The fraction of sp³-hybridized carbons (Fsp3) is 0.333. The summed E-state index contributed by atoms with van der Waals surface area (Å²) in [7, 11) is 0. The lowest BCUT2D eigenvalue weighted by Gasteiger charge is -2.04. The van der Waals surface area contributed by atoms with Gasteiger partial charge in [-0.25, -0.2) is 14.4 Å². The minimum absolute atomic E-state index is 0.297. The van der Waals surface area contributed by atoms with E-state index in [1.54, 1.807) is 6.33 Å². The van der Waals surface area contributed by atoms with E-state index in [9.17, 15) is 4.39 Å². The van der Waals surface area contributed by atoms with Gasteiger partial charge in [0.05, 0.1) is 12.0 Å². The lowest BCUT2D eigenvalue weighted by Crippen LogP contribution is -2.04. The average molecular weight is 194 g/mol. The van der Waals surface area contributed by atoms with Gasteiger partial charge in [0.2, 0.25) is 0 Å². The summed E-state index contributed by atoms with van der Waals surface area (Å²) >= 11 is 0. The van der Waals surface area contributed by atoms with Crippen molar-refractivity contribution in [3.05, 3.63) is 18.1 Å². The molecule has 2 aromatic rings. The number of pyridine rings is 1. The second-order valence-electron chi connectivity index (χ2n) is 3.03. The van der Waals surface area contributed by atoms with Crippen molar-refractivity contribution in [3.63, 3.8) is 0 Å². The monoisotopic (exact) mass is 194 g/mol. The molecule has 0 unspecified atom stereocenters. The molecule has 0 saturated carbocycles. The first-order chi connectivity index (χ1) is 6.81. The number of aromatic amines is 1. The third kappa shape index (κ3) is 1.53. The van der Waals surface area contributed by atoms with Gasteiger partial charge < -0.3 is 10.3 Å². The van der Waals surface area contributed by atoms with E-state index in [0.29, 0.717) is 6.54 Å². The maximum Gasteiger partial charge on any atom is 0.159 e. The highest BCUT2D eigenvalue weighted by atomic mass is 19.1. The highest BCUT2D eigenvalue weighted by molar-refractivity contribution is 5.85. The van der Waals surface area contributed by atoms with Gasteiger partial charge in [-0.15, -0.1) is 0 Å². The van der Waals surface area contributed by atoms with E-state index in [0.717, 1.165) is 22.5 Å². The largest absolute Gasteiger partial charge is 0.381 e. The van der Waals surface area contributed by atoms with Crippen LogP contribution in [0.5, 0.6) is 0 Å². The topological polar surface area (TPSA) is 53.6 Å². The molecule has 74 valence electrons. The number of alkyl halides is 1. The number of H-pyrrole nitrogens is 1. The van der Waals surface area contributed by atoms with Gasteiger partial charge in [-0.05, 0) is 13.0 Å². The molecule has 0 aliphatic rings. The summed E-state index contributed by atoms with van der Waals surface area (Å²) in [5.74, 6) is 0. The summed E-state index contributed by atoms with van der Waals surface area (Å²) in [5.41, 5.74) is 3.19. The van der Waals surface area contributed by atoms with Gasteiger partial charge in [0.25, 0.3) is 0 Å². The van der Waals surface area contributed by atoms with Gasteiger partial charge in [-0.2, -0.15) is 0 Å². The fourth-order valence-corrected chi connectivity index (χ4v) is 1.37. The van der Waals surface area contributed by atoms with E-state index < -0.39 is 6.67 Å². The van der Waals surface area contributed by atoms with Crippen LogP contribution in [0.4, 0.5) is 10.1 Å². The number of aryl methyl sites for hydroxylation is 1. The van der Waals surface area contributed by atoms with Gasteiger partial charge in [0, 0.05) is 12.2 Å². The van der Waals surface area contributed by atoms with E-state index in [-0.39, 0.29) is 0 Å². The third-order valence-electron chi connectivity index (χ3n) is 1.93. The number of hydrogen-bond acceptors (Lipinski definition) is 3. The Morgan fingerprint density at radius 2 is 2.43 bits per heavy atom. The normalized spacial score (nSPS) is 10.7. The van der Waals surface area contributed by atoms with Gasteiger partial charge in [0.1, 0.15) is 12.2 Å². The second kappa shape index (κ2) is 3.61. The van der Waals surface area contributed by atoms with E-state index >= 15 is 0 Å². The number of hydrogen-bond donors (Lipinski definition) is 2. The minimum Gasteiger partial charge on any atom is -0.381 e. The Labute approximate surface area is 80.6 Å². The predicted octanol–water partition coefficient (Wildman–Crippen LogP) is 1.65. The van der Waals surface area contributed by atoms with Crippen LogP contribution in [0.2, 0.25) is 0 Å². The Morgan fingerprint density at radius 1 is 1.57 bits per heavy atom. The molecule has 0 atom stereocenters. The summed E-state index contributed by atoms with van der Waals surface area (Å²) in [6, 6.07) is 1.86. The Balaban J connectivity index is 2.44. The van der Waals surface area contributed by atoms with Gasteiger partial charge in [-0.3, -0.25) is 0 Å². The number of imidazole rings is 1. The second-order valence-corrected chi connectivity index (χ2v) is 3.03. The molecule has 0 amide bonds. The molecule has 0 saturated heterocycles. The van der Waals surface area contributed by atoms with Crippen molar-refractivity contribution in [1.29, 1.82) is 0 Å². The molecule has 0 radical (unpaired) electrons. The SMILES string of the molecule is Cc1cc(NCCF)c2nc[nH]c2n1. The number of fused-ring (bicyclic) bond motifs is 1. The zero-order valence-corrected chi connectivity index (χ0v) is 7.84. The molecule has 14 heavy (non-hydrogen) atoms. The van der Waals surface area contributed by atoms with Crippen molar-refractivity contribution in [1.82, 2.24) is 15.0 Å². The minimum atomic E-state index is -0.396. The molecule has 5 heteroatoms. The first kappa shape index (κ1) is 8.93. The zero-order valence-electron chi connectivity index (χ0n) is 7.84. The van der Waals surface area contributed by atoms with Crippen LogP contribution in [-0.4, -0.2) is 28.2 Å². The molecule has 2 aromatic heterocycles. The Morgan fingerprint density at radius 3 is 3.21 bits per heavy atom. The van der Waals surface area contributed by atoms with Crippen LogP contribution in [0.3, 0.4) is 0 Å². The zero-order chi connectivity index (χ0) is 9.97. The van der Waals surface area contributed by atoms with Crippen LogP contribution < -0.4 is 5.32 Å². The van der Waals surface area contributed by atoms with Crippen LogP contribution >= 0.6 is 0 Å². The van der Waals surface area contributed by atoms with Gasteiger partial charge >= 0.3 is 0 Å². The summed E-state index contributed by atoms with van der Waals surface area (Å²) in [6.07, 6.45) is 1.58. The number of halogens is 1. The molecule has 0 spiro atoms. The van der Waals surface area contributed by atoms with Crippen molar-refractivity contribution < 1.29 is 4.39 Å². The lowest BCUT2D eigenvalue weighted by molar-refractivity contribution is 0.513. The summed E-state index contributed by atoms with van der Waals surface area (Å²) < 4.78 is 12.0. The first-order valence-corrected chi connectivity index (χ1v) is 4.42. The quantitative estimate of drug-likeness (QED) is 0.781. The van der Waals surface area contributed by atoms with Gasteiger partial charge in [0.15, 0.2) is 5.65 Å². The van der Waals surface area contributed by atoms with E-state index in [1.807, 2.05) is 13.0 Å². The summed E-state index contributed by atoms with van der Waals surface area (Å²) in [5, 5.41) is 2.97. The molecule has 0 aromatic carbocycles. The van der Waals surface area contributed by atoms with Crippen LogP contribution in [0.15, 0.2) is 12.4 Å². The van der Waals surface area contributed by atoms with Crippen molar-refractivity contribution in [3.8, 4) is 0 Å². The number of anilines is 1. The maximum absolute atomic E-state index is 12.0. The molecule has 2 heterocycles. The molecule has 2 N–H and O–H groups in total. The average Bonchev–Trinajstić information content (AvgIpc) is 2.61. The molecule has 4 nitrogen and oxygen atoms in total. The number of aromatic nitrogens is 3. The first-order valence-electron chi connectivity index (χ1n) is 4.42. The van der Waals surface area contributed by atoms with Crippen LogP contribution in [-0.2, 0) is 0 Å². The van der Waals surface area contributed by atoms with Crippen LogP contribution in [0.25, 0.3) is 11.2 Å². The van der Waals surface area contributed by atoms with Crippen LogP contribution in [0, 0.1) is 6.92 Å². The Kier molecular flexibility index (Phi) is 2.30. The van der Waals surface area contributed by atoms with Gasteiger partial charge in [-0.1, -0.05) is 0 Å². The number of rotatable bonds is 3. The highest BCUT2D eigenvalue weighted by Gasteiger charge is 2.05. The maximum atomic E-state index is 12.0. The predicted molar refractivity (Wildman–Crippen MR) is 53.1 cm³/mol.